The minimum atomic E-state index is -1.39. The largest absolute Gasteiger partial charge is 0.476 e. The van der Waals surface area contributed by atoms with Crippen molar-refractivity contribution in [2.45, 2.75) is 18.5 Å². The van der Waals surface area contributed by atoms with Crippen LogP contribution in [0.5, 0.6) is 5.88 Å². The van der Waals surface area contributed by atoms with Crippen LogP contribution in [0.4, 0.5) is 14.6 Å². The molecule has 30 heavy (non-hydrogen) atoms. The molecule has 0 bridgehead atoms. The molecule has 2 heterocycles. The van der Waals surface area contributed by atoms with E-state index in [0.717, 1.165) is 6.07 Å². The number of pyridine rings is 1. The summed E-state index contributed by atoms with van der Waals surface area (Å²) in [6.45, 7) is 1.62. The Morgan fingerprint density at radius 1 is 1.30 bits per heavy atom. The molecule has 0 unspecified atom stereocenters. The second-order valence-electron chi connectivity index (χ2n) is 7.21. The SMILES string of the molecule is CNc1cccc(OCCNCC2(F)CCN(C(=O)c3ccc(F)c(Cl)c3)CC2)n1. The lowest BCUT2D eigenvalue weighted by Gasteiger charge is -2.36. The molecule has 1 aromatic carbocycles. The Bertz CT molecular complexity index is 876. The standard InChI is InChI=1S/C21H25ClF2N4O2/c1-25-18-3-2-4-19(27-18)30-12-9-26-14-21(24)7-10-28(11-8-21)20(29)15-5-6-17(23)16(22)13-15/h2-6,13,26H,7-12,14H2,1H3,(H,25,27). The fourth-order valence-electron chi connectivity index (χ4n) is 3.27. The number of amides is 1. The summed E-state index contributed by atoms with van der Waals surface area (Å²) >= 11 is 5.75. The van der Waals surface area contributed by atoms with Gasteiger partial charge in [-0.05, 0) is 24.3 Å². The Hall–Kier alpha value is -2.45. The molecule has 1 aliphatic rings. The van der Waals surface area contributed by atoms with Gasteiger partial charge in [0.2, 0.25) is 5.88 Å². The van der Waals surface area contributed by atoms with E-state index < -0.39 is 11.5 Å². The van der Waals surface area contributed by atoms with E-state index in [0.29, 0.717) is 43.5 Å². The second kappa shape index (κ2) is 10.0. The summed E-state index contributed by atoms with van der Waals surface area (Å²) in [6.07, 6.45) is 0.459. The molecule has 3 rings (SSSR count). The van der Waals surface area contributed by atoms with E-state index in [4.69, 9.17) is 16.3 Å². The van der Waals surface area contributed by atoms with Gasteiger partial charge in [0.15, 0.2) is 0 Å². The van der Waals surface area contributed by atoms with Crippen LogP contribution in [-0.4, -0.2) is 61.3 Å². The molecule has 0 radical (unpaired) electrons. The summed E-state index contributed by atoms with van der Waals surface area (Å²) in [6, 6.07) is 9.30. The Labute approximate surface area is 179 Å². The summed E-state index contributed by atoms with van der Waals surface area (Å²) in [4.78, 5) is 18.4. The molecule has 1 amide bonds. The van der Waals surface area contributed by atoms with Gasteiger partial charge in [0.1, 0.15) is 23.9 Å². The van der Waals surface area contributed by atoms with E-state index in [1.165, 1.54) is 12.1 Å². The van der Waals surface area contributed by atoms with Crippen molar-refractivity contribution in [3.63, 3.8) is 0 Å². The molecule has 9 heteroatoms. The number of rotatable bonds is 8. The number of hydrogen-bond donors (Lipinski definition) is 2. The predicted molar refractivity (Wildman–Crippen MR) is 113 cm³/mol. The van der Waals surface area contributed by atoms with Crippen LogP contribution in [-0.2, 0) is 0 Å². The van der Waals surface area contributed by atoms with Crippen LogP contribution in [0.1, 0.15) is 23.2 Å². The van der Waals surface area contributed by atoms with Gasteiger partial charge >= 0.3 is 0 Å². The highest BCUT2D eigenvalue weighted by Gasteiger charge is 2.35. The number of likely N-dealkylation sites (tertiary alicyclic amines) is 1. The first-order valence-electron chi connectivity index (χ1n) is 9.82. The van der Waals surface area contributed by atoms with E-state index in [1.54, 1.807) is 18.0 Å². The van der Waals surface area contributed by atoms with Crippen molar-refractivity contribution < 1.29 is 18.3 Å². The number of hydrogen-bond acceptors (Lipinski definition) is 5. The van der Waals surface area contributed by atoms with Crippen LogP contribution in [0.15, 0.2) is 36.4 Å². The maximum atomic E-state index is 15.0. The first kappa shape index (κ1) is 22.2. The molecule has 2 N–H and O–H groups in total. The summed E-state index contributed by atoms with van der Waals surface area (Å²) in [5.74, 6) is 0.380. The molecule has 0 atom stereocenters. The summed E-state index contributed by atoms with van der Waals surface area (Å²) in [5, 5.41) is 5.91. The van der Waals surface area contributed by atoms with E-state index >= 15 is 4.39 Å². The van der Waals surface area contributed by atoms with Crippen LogP contribution in [0.2, 0.25) is 5.02 Å². The Kier molecular flexibility index (Phi) is 7.44. The first-order valence-corrected chi connectivity index (χ1v) is 10.2. The number of carbonyl (C=O) groups excluding carboxylic acids is 1. The molecular formula is C21H25ClF2N4O2. The number of piperidine rings is 1. The number of nitrogens with one attached hydrogen (secondary N) is 2. The van der Waals surface area contributed by atoms with Gasteiger partial charge in [-0.25, -0.2) is 8.78 Å². The van der Waals surface area contributed by atoms with Gasteiger partial charge in [0.25, 0.3) is 5.91 Å². The van der Waals surface area contributed by atoms with Gasteiger partial charge in [-0.2, -0.15) is 4.98 Å². The van der Waals surface area contributed by atoms with Crippen molar-refractivity contribution in [1.29, 1.82) is 0 Å². The third-order valence-corrected chi connectivity index (χ3v) is 5.35. The molecule has 1 fully saturated rings. The number of aromatic nitrogens is 1. The Balaban J connectivity index is 1.40. The van der Waals surface area contributed by atoms with E-state index in [2.05, 4.69) is 15.6 Å². The van der Waals surface area contributed by atoms with Crippen molar-refractivity contribution in [2.75, 3.05) is 45.2 Å². The number of halogens is 3. The number of ether oxygens (including phenoxy) is 1. The van der Waals surface area contributed by atoms with Crippen LogP contribution < -0.4 is 15.4 Å². The highest BCUT2D eigenvalue weighted by molar-refractivity contribution is 6.31. The van der Waals surface area contributed by atoms with Gasteiger partial charge in [-0.15, -0.1) is 0 Å². The monoisotopic (exact) mass is 438 g/mol. The van der Waals surface area contributed by atoms with Crippen molar-refractivity contribution in [3.05, 3.63) is 52.8 Å². The molecular weight excluding hydrogens is 414 g/mol. The van der Waals surface area contributed by atoms with E-state index in [9.17, 15) is 9.18 Å². The topological polar surface area (TPSA) is 66.5 Å². The molecule has 0 aliphatic carbocycles. The predicted octanol–water partition coefficient (Wildman–Crippen LogP) is 3.53. The Morgan fingerprint density at radius 3 is 2.77 bits per heavy atom. The minimum Gasteiger partial charge on any atom is -0.476 e. The smallest absolute Gasteiger partial charge is 0.253 e. The molecule has 0 spiro atoms. The van der Waals surface area contributed by atoms with Crippen LogP contribution >= 0.6 is 11.6 Å². The average molecular weight is 439 g/mol. The minimum absolute atomic E-state index is 0.1000. The lowest BCUT2D eigenvalue weighted by atomic mass is 9.93. The van der Waals surface area contributed by atoms with Crippen molar-refractivity contribution in [2.24, 2.45) is 0 Å². The average Bonchev–Trinajstić information content (AvgIpc) is 2.75. The number of anilines is 1. The van der Waals surface area contributed by atoms with Crippen LogP contribution in [0.25, 0.3) is 0 Å². The lowest BCUT2D eigenvalue weighted by Crippen LogP contribution is -2.49. The molecule has 0 saturated carbocycles. The van der Waals surface area contributed by atoms with Crippen LogP contribution in [0, 0.1) is 5.82 Å². The van der Waals surface area contributed by atoms with Gasteiger partial charge in [-0.3, -0.25) is 4.79 Å². The van der Waals surface area contributed by atoms with Crippen molar-refractivity contribution in [3.8, 4) is 5.88 Å². The fourth-order valence-corrected chi connectivity index (χ4v) is 3.45. The molecule has 2 aromatic rings. The zero-order valence-electron chi connectivity index (χ0n) is 16.8. The highest BCUT2D eigenvalue weighted by Crippen LogP contribution is 2.27. The number of carbonyl (C=O) groups is 1. The van der Waals surface area contributed by atoms with Gasteiger partial charge < -0.3 is 20.3 Å². The maximum Gasteiger partial charge on any atom is 0.253 e. The number of nitrogens with zero attached hydrogens (tertiary/aromatic N) is 2. The molecule has 162 valence electrons. The van der Waals surface area contributed by atoms with E-state index in [1.807, 2.05) is 12.1 Å². The van der Waals surface area contributed by atoms with Gasteiger partial charge in [-0.1, -0.05) is 17.7 Å². The van der Waals surface area contributed by atoms with Gasteiger partial charge in [0, 0.05) is 57.7 Å². The third kappa shape index (κ3) is 5.79. The summed E-state index contributed by atoms with van der Waals surface area (Å²) in [7, 11) is 1.78. The molecule has 1 aliphatic heterocycles. The normalized spacial score (nSPS) is 15.7. The van der Waals surface area contributed by atoms with Crippen molar-refractivity contribution >= 4 is 23.3 Å². The number of benzene rings is 1. The lowest BCUT2D eigenvalue weighted by molar-refractivity contribution is 0.0433. The molecule has 6 nitrogen and oxygen atoms in total. The second-order valence-corrected chi connectivity index (χ2v) is 7.62. The van der Waals surface area contributed by atoms with Crippen molar-refractivity contribution in [1.82, 2.24) is 15.2 Å². The third-order valence-electron chi connectivity index (χ3n) is 5.06. The zero-order chi connectivity index (χ0) is 21.6. The number of alkyl halides is 1. The highest BCUT2D eigenvalue weighted by atomic mass is 35.5. The van der Waals surface area contributed by atoms with Gasteiger partial charge in [0.05, 0.1) is 5.02 Å². The van der Waals surface area contributed by atoms with Crippen LogP contribution in [0.3, 0.4) is 0 Å². The summed E-state index contributed by atoms with van der Waals surface area (Å²) in [5.41, 5.74) is -1.08. The summed E-state index contributed by atoms with van der Waals surface area (Å²) < 4.78 is 33.9. The molecule has 1 saturated heterocycles. The maximum absolute atomic E-state index is 15.0. The quantitative estimate of drug-likeness (QED) is 0.617. The fraction of sp³-hybridized carbons (Fsp3) is 0.429. The Morgan fingerprint density at radius 2 is 2.07 bits per heavy atom. The first-order chi connectivity index (χ1) is 14.4. The zero-order valence-corrected chi connectivity index (χ0v) is 17.5. The van der Waals surface area contributed by atoms with E-state index in [-0.39, 0.29) is 30.3 Å². The molecule has 1 aromatic heterocycles.